The maximum absolute atomic E-state index is 13.7. The molecule has 0 unspecified atom stereocenters. The van der Waals surface area contributed by atoms with Crippen LogP contribution in [-0.2, 0) is 23.9 Å². The van der Waals surface area contributed by atoms with Crippen molar-refractivity contribution in [2.24, 2.45) is 5.92 Å². The molecule has 0 radical (unpaired) electrons. The first-order chi connectivity index (χ1) is 19.6. The van der Waals surface area contributed by atoms with Crippen molar-refractivity contribution < 1.29 is 27.9 Å². The number of carbonyl (C=O) groups excluding carboxylic acids is 1. The van der Waals surface area contributed by atoms with Crippen LogP contribution in [0.5, 0.6) is 0 Å². The highest BCUT2D eigenvalue weighted by molar-refractivity contribution is 7.12. The zero-order chi connectivity index (χ0) is 29.1. The van der Waals surface area contributed by atoms with Crippen LogP contribution in [-0.4, -0.2) is 62.9 Å². The van der Waals surface area contributed by atoms with Crippen LogP contribution in [0, 0.1) is 12.8 Å². The van der Waals surface area contributed by atoms with E-state index < -0.39 is 17.7 Å². The summed E-state index contributed by atoms with van der Waals surface area (Å²) in [5.74, 6) is -0.837. The predicted molar refractivity (Wildman–Crippen MR) is 149 cm³/mol. The van der Waals surface area contributed by atoms with Crippen molar-refractivity contribution in [2.75, 3.05) is 31.1 Å². The minimum atomic E-state index is -4.47. The molecule has 1 aromatic carbocycles. The van der Waals surface area contributed by atoms with Crippen LogP contribution >= 0.6 is 11.3 Å². The molecule has 8 nitrogen and oxygen atoms in total. The van der Waals surface area contributed by atoms with Crippen molar-refractivity contribution in [3.8, 4) is 11.3 Å². The summed E-state index contributed by atoms with van der Waals surface area (Å²) >= 11 is 1.36. The van der Waals surface area contributed by atoms with Crippen molar-refractivity contribution in [2.45, 2.75) is 58.2 Å². The highest BCUT2D eigenvalue weighted by atomic mass is 32.1. The number of carbonyl (C=O) groups is 2. The zero-order valence-corrected chi connectivity index (χ0v) is 23.6. The Bertz CT molecular complexity index is 1400. The zero-order valence-electron chi connectivity index (χ0n) is 22.8. The number of benzene rings is 1. The third-order valence-electron chi connectivity index (χ3n) is 7.78. The minimum absolute atomic E-state index is 0.0340. The number of ketones is 1. The summed E-state index contributed by atoms with van der Waals surface area (Å²) in [7, 11) is 0. The van der Waals surface area contributed by atoms with Gasteiger partial charge in [0.2, 0.25) is 0 Å². The molecule has 2 fully saturated rings. The van der Waals surface area contributed by atoms with E-state index in [0.717, 1.165) is 36.9 Å². The Morgan fingerprint density at radius 2 is 1.78 bits per heavy atom. The number of nitrogens with zero attached hydrogens (tertiary/aromatic N) is 5. The number of carboxylic acid groups (broad SMARTS) is 1. The Hall–Kier alpha value is -3.38. The van der Waals surface area contributed by atoms with Gasteiger partial charge in [0, 0.05) is 30.1 Å². The molecule has 5 rings (SSSR count). The second-order valence-electron chi connectivity index (χ2n) is 10.7. The highest BCUT2D eigenvalue weighted by Crippen LogP contribution is 2.37. The van der Waals surface area contributed by atoms with E-state index in [2.05, 4.69) is 19.9 Å². The van der Waals surface area contributed by atoms with Crippen LogP contribution in [0.15, 0.2) is 30.6 Å². The Kier molecular flexibility index (Phi) is 8.69. The summed E-state index contributed by atoms with van der Waals surface area (Å²) in [5.41, 5.74) is 0.517. The largest absolute Gasteiger partial charge is 0.481 e. The number of hydrogen-bond donors (Lipinski definition) is 1. The number of anilines is 1. The summed E-state index contributed by atoms with van der Waals surface area (Å²) in [5, 5.41) is 9.72. The van der Waals surface area contributed by atoms with Gasteiger partial charge in [0.25, 0.3) is 0 Å². The molecule has 2 aliphatic heterocycles. The lowest BCUT2D eigenvalue weighted by Crippen LogP contribution is -2.36. The van der Waals surface area contributed by atoms with Gasteiger partial charge in [0.15, 0.2) is 5.78 Å². The molecular formula is C29H32F3N5O3S. The van der Waals surface area contributed by atoms with Gasteiger partial charge in [-0.2, -0.15) is 13.2 Å². The number of likely N-dealkylation sites (tertiary alicyclic amines) is 1. The topological polar surface area (TPSA) is 99.5 Å². The van der Waals surface area contributed by atoms with Gasteiger partial charge in [-0.25, -0.2) is 15.0 Å². The minimum Gasteiger partial charge on any atom is -0.481 e. The molecule has 0 bridgehead atoms. The number of aromatic nitrogens is 3. The van der Waals surface area contributed by atoms with Crippen LogP contribution in [0.1, 0.15) is 63.6 Å². The Labute approximate surface area is 240 Å². The lowest BCUT2D eigenvalue weighted by molar-refractivity contribution is -0.142. The number of alkyl halides is 3. The Balaban J connectivity index is 1.35. The third-order valence-corrected chi connectivity index (χ3v) is 8.82. The van der Waals surface area contributed by atoms with Gasteiger partial charge in [-0.15, -0.1) is 11.3 Å². The van der Waals surface area contributed by atoms with Crippen molar-refractivity contribution >= 4 is 28.9 Å². The van der Waals surface area contributed by atoms with E-state index in [1.165, 1.54) is 43.1 Å². The molecule has 2 aromatic heterocycles. The van der Waals surface area contributed by atoms with Crippen LogP contribution in [0.4, 0.5) is 19.0 Å². The lowest BCUT2D eigenvalue weighted by atomic mass is 9.97. The monoisotopic (exact) mass is 587 g/mol. The van der Waals surface area contributed by atoms with Crippen LogP contribution < -0.4 is 4.90 Å². The summed E-state index contributed by atoms with van der Waals surface area (Å²) in [4.78, 5) is 42.8. The number of Topliss-reactive ketones (excluding diaryl/α,β-unsaturated/α-hetero) is 1. The average Bonchev–Trinajstić information content (AvgIpc) is 3.35. The average molecular weight is 588 g/mol. The van der Waals surface area contributed by atoms with Crippen LogP contribution in [0.3, 0.4) is 0 Å². The number of halogens is 3. The quantitative estimate of drug-likeness (QED) is 0.338. The van der Waals surface area contributed by atoms with E-state index in [9.17, 15) is 27.9 Å². The molecule has 4 heterocycles. The van der Waals surface area contributed by atoms with Crippen molar-refractivity contribution in [3.05, 3.63) is 57.3 Å². The molecule has 0 amide bonds. The summed E-state index contributed by atoms with van der Waals surface area (Å²) in [6, 6.07) is 4.28. The summed E-state index contributed by atoms with van der Waals surface area (Å²) in [6.45, 7) is 4.96. The van der Waals surface area contributed by atoms with Crippen LogP contribution in [0.2, 0.25) is 0 Å². The third kappa shape index (κ3) is 6.92. The standard InChI is InChI=1S/C29H32F3N5O3S/c1-18-5-6-20(13-21(18)29(30,31)32)27-24(17-36-9-3-2-4-10-36)41-26(35-27)14-23(38)22-15-34-25(16-33-22)37-11-7-19(8-12-37)28(39)40/h5-6,13,15-16,19H,2-4,7-12,14,17H2,1H3,(H,39,40). The maximum atomic E-state index is 13.7. The van der Waals surface area contributed by atoms with E-state index in [1.807, 2.05) is 4.90 Å². The molecule has 12 heteroatoms. The van der Waals surface area contributed by atoms with Gasteiger partial charge in [-0.3, -0.25) is 14.5 Å². The predicted octanol–water partition coefficient (Wildman–Crippen LogP) is 5.64. The van der Waals surface area contributed by atoms with Crippen molar-refractivity contribution in [1.29, 1.82) is 0 Å². The Morgan fingerprint density at radius 1 is 1.05 bits per heavy atom. The van der Waals surface area contributed by atoms with Gasteiger partial charge in [0.1, 0.15) is 16.5 Å². The van der Waals surface area contributed by atoms with Gasteiger partial charge < -0.3 is 10.0 Å². The number of rotatable bonds is 8. The first kappa shape index (κ1) is 29.1. The molecule has 3 aromatic rings. The molecule has 0 saturated carbocycles. The molecule has 0 aliphatic carbocycles. The normalized spacial score (nSPS) is 17.1. The molecule has 218 valence electrons. The highest BCUT2D eigenvalue weighted by Gasteiger charge is 2.33. The maximum Gasteiger partial charge on any atom is 0.416 e. The Morgan fingerprint density at radius 3 is 2.41 bits per heavy atom. The van der Waals surface area contributed by atoms with E-state index in [0.29, 0.717) is 54.6 Å². The van der Waals surface area contributed by atoms with Gasteiger partial charge >= 0.3 is 12.1 Å². The summed E-state index contributed by atoms with van der Waals surface area (Å²) in [6.07, 6.45) is 2.80. The SMILES string of the molecule is Cc1ccc(-c2nc(CC(=O)c3cnc(N4CCC(C(=O)O)CC4)cn3)sc2CN2CCCCC2)cc1C(F)(F)F. The number of aryl methyl sites for hydroxylation is 1. The van der Waals surface area contributed by atoms with Gasteiger partial charge in [0.05, 0.1) is 36.0 Å². The molecule has 2 saturated heterocycles. The number of thiazole rings is 1. The second kappa shape index (κ2) is 12.2. The van der Waals surface area contributed by atoms with E-state index in [-0.39, 0.29) is 29.4 Å². The molecule has 0 atom stereocenters. The van der Waals surface area contributed by atoms with Crippen LogP contribution in [0.25, 0.3) is 11.3 Å². The number of hydrogen-bond acceptors (Lipinski definition) is 8. The molecule has 41 heavy (non-hydrogen) atoms. The van der Waals surface area contributed by atoms with Crippen molar-refractivity contribution in [1.82, 2.24) is 19.9 Å². The fraction of sp³-hybridized carbons (Fsp3) is 0.483. The molecule has 2 aliphatic rings. The molecule has 0 spiro atoms. The molecule has 1 N–H and O–H groups in total. The van der Waals surface area contributed by atoms with Gasteiger partial charge in [-0.05, 0) is 57.3 Å². The number of aliphatic carboxylic acids is 1. The fourth-order valence-corrected chi connectivity index (χ4v) is 6.55. The van der Waals surface area contributed by atoms with E-state index in [4.69, 9.17) is 0 Å². The lowest BCUT2D eigenvalue weighted by Gasteiger charge is -2.30. The smallest absolute Gasteiger partial charge is 0.416 e. The number of piperidine rings is 2. The summed E-state index contributed by atoms with van der Waals surface area (Å²) < 4.78 is 41.0. The van der Waals surface area contributed by atoms with Crippen molar-refractivity contribution in [3.63, 3.8) is 0 Å². The number of carboxylic acids is 1. The van der Waals surface area contributed by atoms with Gasteiger partial charge in [-0.1, -0.05) is 18.6 Å². The first-order valence-corrected chi connectivity index (χ1v) is 14.6. The van der Waals surface area contributed by atoms with E-state index >= 15 is 0 Å². The van der Waals surface area contributed by atoms with E-state index in [1.54, 1.807) is 6.07 Å². The fourth-order valence-electron chi connectivity index (χ4n) is 5.42. The second-order valence-corrected chi connectivity index (χ2v) is 11.9. The first-order valence-electron chi connectivity index (χ1n) is 13.8. The molecular weight excluding hydrogens is 555 g/mol.